The Morgan fingerprint density at radius 1 is 0.938 bits per heavy atom. The Hall–Kier alpha value is -3.41. The van der Waals surface area contributed by atoms with Gasteiger partial charge in [0.05, 0.1) is 6.42 Å². The fourth-order valence-electron chi connectivity index (χ4n) is 3.44. The normalized spacial score (nSPS) is 11.9. The summed E-state index contributed by atoms with van der Waals surface area (Å²) in [5, 5.41) is 0.423. The standard InChI is InChI=1S/C26H24ClNO4/c1-2-17-31-24(29)18-23(28)25(30)32-26(19-11-5-3-6-12-19,20-13-7-4-8-14-20)21-15-9-10-16-22(21)27/h2-16,23H,1,17-18,28H2/t23-/m0/s1. The lowest BCUT2D eigenvalue weighted by atomic mass is 9.80. The van der Waals surface area contributed by atoms with Crippen LogP contribution < -0.4 is 5.73 Å². The molecule has 5 nitrogen and oxygen atoms in total. The number of benzene rings is 3. The number of nitrogens with two attached hydrogens (primary N) is 1. The highest BCUT2D eigenvalue weighted by molar-refractivity contribution is 6.31. The summed E-state index contributed by atoms with van der Waals surface area (Å²) in [6.45, 7) is 3.53. The first kappa shape index (κ1) is 23.3. The highest BCUT2D eigenvalue weighted by Gasteiger charge is 2.43. The van der Waals surface area contributed by atoms with Crippen LogP contribution in [0.5, 0.6) is 0 Å². The average molecular weight is 450 g/mol. The second-order valence-corrected chi connectivity index (χ2v) is 7.50. The van der Waals surface area contributed by atoms with Crippen molar-refractivity contribution in [3.63, 3.8) is 0 Å². The number of hydrogen-bond donors (Lipinski definition) is 1. The Morgan fingerprint density at radius 2 is 1.47 bits per heavy atom. The first-order chi connectivity index (χ1) is 15.5. The van der Waals surface area contributed by atoms with E-state index in [1.165, 1.54) is 6.08 Å². The van der Waals surface area contributed by atoms with Crippen molar-refractivity contribution in [3.05, 3.63) is 119 Å². The molecular formula is C26H24ClNO4. The zero-order valence-corrected chi connectivity index (χ0v) is 18.2. The number of rotatable bonds is 9. The van der Waals surface area contributed by atoms with Crippen molar-refractivity contribution in [1.29, 1.82) is 0 Å². The van der Waals surface area contributed by atoms with Gasteiger partial charge in [0.25, 0.3) is 0 Å². The second-order valence-electron chi connectivity index (χ2n) is 7.10. The maximum absolute atomic E-state index is 13.2. The van der Waals surface area contributed by atoms with Gasteiger partial charge in [-0.05, 0) is 6.07 Å². The summed E-state index contributed by atoms with van der Waals surface area (Å²) in [4.78, 5) is 25.1. The predicted octanol–water partition coefficient (Wildman–Crippen LogP) is 4.62. The van der Waals surface area contributed by atoms with Crippen LogP contribution in [0.1, 0.15) is 23.1 Å². The van der Waals surface area contributed by atoms with Gasteiger partial charge in [0.2, 0.25) is 0 Å². The molecule has 0 aliphatic carbocycles. The van der Waals surface area contributed by atoms with E-state index < -0.39 is 23.6 Å². The quantitative estimate of drug-likeness (QED) is 0.293. The molecule has 0 heterocycles. The van der Waals surface area contributed by atoms with Crippen molar-refractivity contribution in [2.45, 2.75) is 18.1 Å². The number of halogens is 1. The van der Waals surface area contributed by atoms with Crippen LogP contribution in [-0.4, -0.2) is 24.6 Å². The molecule has 0 aromatic heterocycles. The van der Waals surface area contributed by atoms with Gasteiger partial charge in [-0.2, -0.15) is 0 Å². The van der Waals surface area contributed by atoms with E-state index in [1.807, 2.05) is 66.7 Å². The molecule has 0 amide bonds. The molecule has 3 rings (SSSR count). The first-order valence-corrected chi connectivity index (χ1v) is 10.5. The topological polar surface area (TPSA) is 78.6 Å². The van der Waals surface area contributed by atoms with Crippen LogP contribution in [0.4, 0.5) is 0 Å². The van der Waals surface area contributed by atoms with Gasteiger partial charge in [0.1, 0.15) is 12.6 Å². The lowest BCUT2D eigenvalue weighted by molar-refractivity contribution is -0.158. The summed E-state index contributed by atoms with van der Waals surface area (Å²) in [6, 6.07) is 24.5. The minimum absolute atomic E-state index is 0.0399. The van der Waals surface area contributed by atoms with E-state index in [9.17, 15) is 9.59 Å². The van der Waals surface area contributed by atoms with Gasteiger partial charge < -0.3 is 15.2 Å². The molecule has 0 radical (unpaired) electrons. The molecular weight excluding hydrogens is 426 g/mol. The third kappa shape index (κ3) is 5.07. The summed E-state index contributed by atoms with van der Waals surface area (Å²) in [5.74, 6) is -1.37. The molecule has 1 atom stereocenters. The Labute approximate surface area is 192 Å². The van der Waals surface area contributed by atoms with Crippen molar-refractivity contribution < 1.29 is 19.1 Å². The van der Waals surface area contributed by atoms with Crippen LogP contribution in [0.2, 0.25) is 5.02 Å². The molecule has 0 fully saturated rings. The van der Waals surface area contributed by atoms with Crippen molar-refractivity contribution >= 4 is 23.5 Å². The summed E-state index contributed by atoms with van der Waals surface area (Å²) in [7, 11) is 0. The molecule has 0 aliphatic rings. The fraction of sp³-hybridized carbons (Fsp3) is 0.154. The SMILES string of the molecule is C=CCOC(=O)C[C@H](N)C(=O)OC(c1ccccc1)(c1ccccc1)c1ccccc1Cl. The van der Waals surface area contributed by atoms with E-state index in [-0.39, 0.29) is 13.0 Å². The molecule has 3 aromatic rings. The maximum Gasteiger partial charge on any atom is 0.325 e. The van der Waals surface area contributed by atoms with Crippen molar-refractivity contribution in [2.24, 2.45) is 5.73 Å². The van der Waals surface area contributed by atoms with Crippen LogP contribution in [0, 0.1) is 0 Å². The van der Waals surface area contributed by atoms with Crippen LogP contribution in [-0.2, 0) is 24.7 Å². The van der Waals surface area contributed by atoms with Gasteiger partial charge in [-0.1, -0.05) is 103 Å². The predicted molar refractivity (Wildman–Crippen MR) is 124 cm³/mol. The van der Waals surface area contributed by atoms with Crippen LogP contribution in [0.3, 0.4) is 0 Å². The third-order valence-electron chi connectivity index (χ3n) is 4.92. The van der Waals surface area contributed by atoms with Crippen molar-refractivity contribution in [2.75, 3.05) is 6.61 Å². The second kappa shape index (κ2) is 10.8. The Bertz CT molecular complexity index is 1030. The average Bonchev–Trinajstić information content (AvgIpc) is 2.82. The van der Waals surface area contributed by atoms with Gasteiger partial charge in [-0.15, -0.1) is 0 Å². The summed E-state index contributed by atoms with van der Waals surface area (Å²) >= 11 is 6.61. The molecule has 6 heteroatoms. The van der Waals surface area contributed by atoms with E-state index in [2.05, 4.69) is 6.58 Å². The maximum atomic E-state index is 13.2. The lowest BCUT2D eigenvalue weighted by Gasteiger charge is -2.36. The lowest BCUT2D eigenvalue weighted by Crippen LogP contribution is -2.43. The van der Waals surface area contributed by atoms with E-state index in [0.29, 0.717) is 21.7 Å². The molecule has 0 saturated heterocycles. The number of hydrogen-bond acceptors (Lipinski definition) is 5. The summed E-state index contributed by atoms with van der Waals surface area (Å²) in [6.07, 6.45) is 1.11. The minimum atomic E-state index is -1.37. The van der Waals surface area contributed by atoms with E-state index >= 15 is 0 Å². The molecule has 0 bridgehead atoms. The van der Waals surface area contributed by atoms with Gasteiger partial charge in [-0.25, -0.2) is 0 Å². The zero-order valence-electron chi connectivity index (χ0n) is 17.4. The number of carbonyl (C=O) groups is 2. The van der Waals surface area contributed by atoms with Gasteiger partial charge in [0.15, 0.2) is 5.60 Å². The summed E-state index contributed by atoms with van der Waals surface area (Å²) in [5.41, 5.74) is 6.62. The monoisotopic (exact) mass is 449 g/mol. The van der Waals surface area contributed by atoms with Gasteiger partial charge in [-0.3, -0.25) is 9.59 Å². The van der Waals surface area contributed by atoms with Crippen LogP contribution in [0.15, 0.2) is 97.6 Å². The highest BCUT2D eigenvalue weighted by Crippen LogP contribution is 2.43. The Balaban J connectivity index is 2.10. The summed E-state index contributed by atoms with van der Waals surface area (Å²) < 4.78 is 11.1. The first-order valence-electron chi connectivity index (χ1n) is 10.1. The largest absolute Gasteiger partial charge is 0.461 e. The molecule has 0 saturated carbocycles. The minimum Gasteiger partial charge on any atom is -0.461 e. The number of esters is 2. The molecule has 32 heavy (non-hydrogen) atoms. The molecule has 2 N–H and O–H groups in total. The molecule has 164 valence electrons. The molecule has 3 aromatic carbocycles. The van der Waals surface area contributed by atoms with Gasteiger partial charge in [0, 0.05) is 21.7 Å². The van der Waals surface area contributed by atoms with Crippen molar-refractivity contribution in [3.8, 4) is 0 Å². The van der Waals surface area contributed by atoms with E-state index in [4.69, 9.17) is 26.8 Å². The van der Waals surface area contributed by atoms with E-state index in [0.717, 1.165) is 0 Å². The Morgan fingerprint density at radius 3 is 2.00 bits per heavy atom. The van der Waals surface area contributed by atoms with Crippen molar-refractivity contribution in [1.82, 2.24) is 0 Å². The smallest absolute Gasteiger partial charge is 0.325 e. The van der Waals surface area contributed by atoms with E-state index in [1.54, 1.807) is 18.2 Å². The number of ether oxygens (including phenoxy) is 2. The van der Waals surface area contributed by atoms with Crippen LogP contribution >= 0.6 is 11.6 Å². The Kier molecular flexibility index (Phi) is 7.82. The number of carbonyl (C=O) groups excluding carboxylic acids is 2. The molecule has 0 unspecified atom stereocenters. The van der Waals surface area contributed by atoms with Crippen LogP contribution in [0.25, 0.3) is 0 Å². The fourth-order valence-corrected chi connectivity index (χ4v) is 3.71. The molecule has 0 aliphatic heterocycles. The highest BCUT2D eigenvalue weighted by atomic mass is 35.5. The zero-order chi connectivity index (χ0) is 23.0. The third-order valence-corrected chi connectivity index (χ3v) is 5.25. The molecule has 0 spiro atoms. The van der Waals surface area contributed by atoms with Gasteiger partial charge >= 0.3 is 11.9 Å².